The Labute approximate surface area is 119 Å². The number of benzene rings is 1. The largest absolute Gasteiger partial charge is 0.495 e. The molecule has 1 saturated heterocycles. The van der Waals surface area contributed by atoms with Crippen molar-refractivity contribution in [3.63, 3.8) is 0 Å². The van der Waals surface area contributed by atoms with Crippen LogP contribution in [0.25, 0.3) is 0 Å². The number of aliphatic hydroxyl groups is 1. The molecule has 0 aromatic heterocycles. The maximum absolute atomic E-state index is 12.5. The Kier molecular flexibility index (Phi) is 3.95. The van der Waals surface area contributed by atoms with Gasteiger partial charge >= 0.3 is 0 Å². The number of nitrogens with two attached hydrogens (primary N) is 1. The van der Waals surface area contributed by atoms with E-state index < -0.39 is 15.6 Å². The van der Waals surface area contributed by atoms with Gasteiger partial charge in [-0.15, -0.1) is 0 Å². The Morgan fingerprint density at radius 1 is 1.35 bits per heavy atom. The fourth-order valence-electron chi connectivity index (χ4n) is 2.21. The minimum absolute atomic E-state index is 0.157. The predicted molar refractivity (Wildman–Crippen MR) is 76.0 cm³/mol. The van der Waals surface area contributed by atoms with Crippen molar-refractivity contribution in [1.29, 1.82) is 0 Å². The van der Waals surface area contributed by atoms with E-state index in [1.807, 2.05) is 0 Å². The number of piperidine rings is 1. The van der Waals surface area contributed by atoms with Crippen LogP contribution < -0.4 is 10.5 Å². The van der Waals surface area contributed by atoms with Gasteiger partial charge in [-0.3, -0.25) is 0 Å². The van der Waals surface area contributed by atoms with Crippen molar-refractivity contribution in [2.45, 2.75) is 30.3 Å². The Morgan fingerprint density at radius 3 is 2.50 bits per heavy atom. The third-order valence-corrected chi connectivity index (χ3v) is 5.54. The van der Waals surface area contributed by atoms with Crippen LogP contribution in [-0.4, -0.2) is 43.6 Å². The van der Waals surface area contributed by atoms with Crippen molar-refractivity contribution in [3.8, 4) is 5.75 Å². The Balaban J connectivity index is 2.27. The highest BCUT2D eigenvalue weighted by Crippen LogP contribution is 2.29. The molecule has 112 valence electrons. The highest BCUT2D eigenvalue weighted by molar-refractivity contribution is 7.89. The SMILES string of the molecule is COc1cc(S(=O)(=O)N2CCC(C)(O)CC2)ccc1N. The van der Waals surface area contributed by atoms with Crippen molar-refractivity contribution in [3.05, 3.63) is 18.2 Å². The zero-order chi connectivity index (χ0) is 15.0. The average Bonchev–Trinajstić information content (AvgIpc) is 2.38. The summed E-state index contributed by atoms with van der Waals surface area (Å²) in [4.78, 5) is 0.157. The lowest BCUT2D eigenvalue weighted by atomic mass is 9.95. The molecule has 20 heavy (non-hydrogen) atoms. The molecule has 0 spiro atoms. The van der Waals surface area contributed by atoms with Crippen LogP contribution in [0.4, 0.5) is 5.69 Å². The van der Waals surface area contributed by atoms with Gasteiger partial charge in [-0.1, -0.05) is 0 Å². The molecule has 3 N–H and O–H groups in total. The fourth-order valence-corrected chi connectivity index (χ4v) is 3.67. The molecule has 1 aliphatic heterocycles. The van der Waals surface area contributed by atoms with E-state index in [4.69, 9.17) is 10.5 Å². The van der Waals surface area contributed by atoms with Gasteiger partial charge in [0.25, 0.3) is 0 Å². The molecule has 1 aliphatic rings. The second-order valence-corrected chi connectivity index (χ2v) is 7.24. The molecule has 1 aromatic carbocycles. The molecule has 0 saturated carbocycles. The van der Waals surface area contributed by atoms with Gasteiger partial charge in [-0.2, -0.15) is 4.31 Å². The predicted octanol–water partition coefficient (Wildman–Crippen LogP) is 0.813. The molecule has 0 amide bonds. The molecule has 7 heteroatoms. The monoisotopic (exact) mass is 300 g/mol. The molecular formula is C13H20N2O4S. The molecule has 0 atom stereocenters. The number of anilines is 1. The van der Waals surface area contributed by atoms with Crippen molar-refractivity contribution < 1.29 is 18.3 Å². The Morgan fingerprint density at radius 2 is 1.95 bits per heavy atom. The van der Waals surface area contributed by atoms with Crippen molar-refractivity contribution in [1.82, 2.24) is 4.31 Å². The topological polar surface area (TPSA) is 92.9 Å². The second-order valence-electron chi connectivity index (χ2n) is 5.30. The molecule has 0 unspecified atom stereocenters. The minimum Gasteiger partial charge on any atom is -0.495 e. The fraction of sp³-hybridized carbons (Fsp3) is 0.538. The summed E-state index contributed by atoms with van der Waals surface area (Å²) in [5, 5.41) is 9.89. The van der Waals surface area contributed by atoms with Gasteiger partial charge in [-0.25, -0.2) is 8.42 Å². The van der Waals surface area contributed by atoms with E-state index in [9.17, 15) is 13.5 Å². The Hall–Kier alpha value is -1.31. The molecule has 2 rings (SSSR count). The summed E-state index contributed by atoms with van der Waals surface area (Å²) in [7, 11) is -2.13. The van der Waals surface area contributed by atoms with Gasteiger partial charge < -0.3 is 15.6 Å². The molecule has 1 aromatic rings. The van der Waals surface area contributed by atoms with E-state index in [1.165, 1.54) is 29.6 Å². The molecule has 0 radical (unpaired) electrons. The second kappa shape index (κ2) is 5.23. The number of nitrogens with zero attached hydrogens (tertiary/aromatic N) is 1. The van der Waals surface area contributed by atoms with E-state index in [1.54, 1.807) is 6.92 Å². The van der Waals surface area contributed by atoms with E-state index in [0.29, 0.717) is 37.4 Å². The van der Waals surface area contributed by atoms with E-state index in [2.05, 4.69) is 0 Å². The van der Waals surface area contributed by atoms with Crippen LogP contribution in [0.15, 0.2) is 23.1 Å². The summed E-state index contributed by atoms with van der Waals surface area (Å²) >= 11 is 0. The van der Waals surface area contributed by atoms with Crippen LogP contribution in [0.2, 0.25) is 0 Å². The zero-order valence-electron chi connectivity index (χ0n) is 11.7. The highest BCUT2D eigenvalue weighted by atomic mass is 32.2. The zero-order valence-corrected chi connectivity index (χ0v) is 12.5. The summed E-state index contributed by atoms with van der Waals surface area (Å²) in [6.45, 7) is 2.34. The summed E-state index contributed by atoms with van der Waals surface area (Å²) in [5.41, 5.74) is 5.30. The lowest BCUT2D eigenvalue weighted by Gasteiger charge is -2.35. The van der Waals surface area contributed by atoms with E-state index in [-0.39, 0.29) is 4.90 Å². The standard InChI is InChI=1S/C13H20N2O4S/c1-13(16)5-7-15(8-6-13)20(17,18)10-3-4-11(14)12(9-10)19-2/h3-4,9,16H,5-8,14H2,1-2H3. The first-order valence-corrected chi connectivity index (χ1v) is 7.86. The number of nitrogen functional groups attached to an aromatic ring is 1. The smallest absolute Gasteiger partial charge is 0.243 e. The lowest BCUT2D eigenvalue weighted by molar-refractivity contribution is 0.0126. The molecule has 0 bridgehead atoms. The molecule has 6 nitrogen and oxygen atoms in total. The van der Waals surface area contributed by atoms with Crippen LogP contribution in [0.1, 0.15) is 19.8 Å². The summed E-state index contributed by atoms with van der Waals surface area (Å²) in [6.07, 6.45) is 0.858. The minimum atomic E-state index is -3.57. The van der Waals surface area contributed by atoms with Crippen LogP contribution in [0, 0.1) is 0 Å². The van der Waals surface area contributed by atoms with E-state index in [0.717, 1.165) is 0 Å². The average molecular weight is 300 g/mol. The number of methoxy groups -OCH3 is 1. The molecular weight excluding hydrogens is 280 g/mol. The quantitative estimate of drug-likeness (QED) is 0.806. The third kappa shape index (κ3) is 2.89. The first kappa shape index (κ1) is 15.1. The van der Waals surface area contributed by atoms with Crippen LogP contribution in [-0.2, 0) is 10.0 Å². The number of ether oxygens (including phenoxy) is 1. The van der Waals surface area contributed by atoms with Gasteiger partial charge in [0, 0.05) is 19.2 Å². The normalized spacial score (nSPS) is 19.8. The molecule has 1 fully saturated rings. The maximum Gasteiger partial charge on any atom is 0.243 e. The van der Waals surface area contributed by atoms with Gasteiger partial charge in [0.15, 0.2) is 0 Å². The number of hydrogen-bond acceptors (Lipinski definition) is 5. The molecule has 1 heterocycles. The highest BCUT2D eigenvalue weighted by Gasteiger charge is 2.34. The first-order valence-electron chi connectivity index (χ1n) is 6.42. The van der Waals surface area contributed by atoms with Gasteiger partial charge in [0.2, 0.25) is 10.0 Å². The van der Waals surface area contributed by atoms with Gasteiger partial charge in [0.1, 0.15) is 5.75 Å². The third-order valence-electron chi connectivity index (χ3n) is 3.64. The van der Waals surface area contributed by atoms with Crippen molar-refractivity contribution in [2.75, 3.05) is 25.9 Å². The lowest BCUT2D eigenvalue weighted by Crippen LogP contribution is -2.45. The molecule has 0 aliphatic carbocycles. The van der Waals surface area contributed by atoms with Crippen LogP contribution >= 0.6 is 0 Å². The summed E-state index contributed by atoms with van der Waals surface area (Å²) < 4.78 is 31.5. The first-order chi connectivity index (χ1) is 9.26. The number of hydrogen-bond donors (Lipinski definition) is 2. The maximum atomic E-state index is 12.5. The van der Waals surface area contributed by atoms with Crippen molar-refractivity contribution >= 4 is 15.7 Å². The van der Waals surface area contributed by atoms with Gasteiger partial charge in [0.05, 0.1) is 23.3 Å². The number of sulfonamides is 1. The van der Waals surface area contributed by atoms with E-state index >= 15 is 0 Å². The number of rotatable bonds is 3. The summed E-state index contributed by atoms with van der Waals surface area (Å²) in [6, 6.07) is 4.42. The van der Waals surface area contributed by atoms with Crippen LogP contribution in [0.5, 0.6) is 5.75 Å². The van der Waals surface area contributed by atoms with Gasteiger partial charge in [-0.05, 0) is 31.9 Å². The van der Waals surface area contributed by atoms with Crippen LogP contribution in [0.3, 0.4) is 0 Å². The summed E-state index contributed by atoms with van der Waals surface area (Å²) in [5.74, 6) is 0.343. The van der Waals surface area contributed by atoms with Crippen molar-refractivity contribution in [2.24, 2.45) is 0 Å². The Bertz CT molecular complexity index is 588.